The molecule has 0 spiro atoms. The second-order valence-corrected chi connectivity index (χ2v) is 9.30. The molecule has 2 aromatic carbocycles. The number of hydrogen-bond acceptors (Lipinski definition) is 6. The standard InChI is InChI=1S/C23H25NO5S/c1-13-14(2)21-18(15(3)20(13)26)9-23(4,29-21)12-28-17-7-5-6-16(8-17)10-24-11-19(25)30-22(24)27/h5-8,26H,9-12H2,1-4H3. The zero-order chi connectivity index (χ0) is 21.6. The molecule has 1 N–H and O–H groups in total. The van der Waals surface area contributed by atoms with Crippen LogP contribution in [0.25, 0.3) is 0 Å². The molecule has 2 heterocycles. The van der Waals surface area contributed by atoms with E-state index in [0.717, 1.165) is 45.3 Å². The summed E-state index contributed by atoms with van der Waals surface area (Å²) in [7, 11) is 0. The number of nitrogens with zero attached hydrogens (tertiary/aromatic N) is 1. The molecule has 1 fully saturated rings. The maximum absolute atomic E-state index is 11.8. The fourth-order valence-corrected chi connectivity index (χ4v) is 4.66. The van der Waals surface area contributed by atoms with Gasteiger partial charge in [0, 0.05) is 30.3 Å². The Morgan fingerprint density at radius 3 is 2.67 bits per heavy atom. The molecule has 1 atom stereocenters. The number of amides is 1. The first-order chi connectivity index (χ1) is 14.2. The van der Waals surface area contributed by atoms with Gasteiger partial charge in [-0.2, -0.15) is 0 Å². The first-order valence-corrected chi connectivity index (χ1v) is 10.7. The summed E-state index contributed by atoms with van der Waals surface area (Å²) in [4.78, 5) is 24.8. The highest BCUT2D eigenvalue weighted by Crippen LogP contribution is 2.45. The number of phenols is 1. The highest BCUT2D eigenvalue weighted by molar-refractivity contribution is 8.26. The minimum atomic E-state index is -0.540. The van der Waals surface area contributed by atoms with Gasteiger partial charge in [0.2, 0.25) is 5.12 Å². The SMILES string of the molecule is Cc1c(C)c2c(c(C)c1O)CC(C)(COc1cccc(CN3CC(=O)SC3=O)c1)O2. The lowest BCUT2D eigenvalue weighted by molar-refractivity contribution is -0.110. The number of rotatable bonds is 5. The van der Waals surface area contributed by atoms with Gasteiger partial charge in [-0.1, -0.05) is 12.1 Å². The molecular formula is C23H25NO5S. The van der Waals surface area contributed by atoms with E-state index >= 15 is 0 Å². The number of ether oxygens (including phenoxy) is 2. The third-order valence-electron chi connectivity index (χ3n) is 5.83. The van der Waals surface area contributed by atoms with Gasteiger partial charge in [0.25, 0.3) is 5.24 Å². The molecule has 0 aromatic heterocycles. The Balaban J connectivity index is 1.45. The number of thioether (sulfide) groups is 1. The summed E-state index contributed by atoms with van der Waals surface area (Å²) in [6.45, 7) is 8.66. The average Bonchev–Trinajstić information content (AvgIpc) is 3.23. The van der Waals surface area contributed by atoms with Gasteiger partial charge in [0.1, 0.15) is 29.5 Å². The Bertz CT molecular complexity index is 1010. The molecule has 7 heteroatoms. The van der Waals surface area contributed by atoms with Crippen molar-refractivity contribution in [1.82, 2.24) is 4.90 Å². The van der Waals surface area contributed by atoms with Crippen molar-refractivity contribution in [2.24, 2.45) is 0 Å². The number of aromatic hydroxyl groups is 1. The van der Waals surface area contributed by atoms with Gasteiger partial charge in [-0.05, 0) is 62.1 Å². The Labute approximate surface area is 180 Å². The molecule has 158 valence electrons. The van der Waals surface area contributed by atoms with E-state index in [-0.39, 0.29) is 16.9 Å². The van der Waals surface area contributed by atoms with Crippen LogP contribution in [-0.2, 0) is 17.8 Å². The summed E-state index contributed by atoms with van der Waals surface area (Å²) in [6.07, 6.45) is 0.657. The van der Waals surface area contributed by atoms with E-state index in [4.69, 9.17) is 9.47 Å². The third-order valence-corrected chi connectivity index (χ3v) is 6.62. The summed E-state index contributed by atoms with van der Waals surface area (Å²) in [5.74, 6) is 1.87. The van der Waals surface area contributed by atoms with Gasteiger partial charge in [0.05, 0.1) is 6.54 Å². The Morgan fingerprint density at radius 2 is 1.97 bits per heavy atom. The molecular weight excluding hydrogens is 402 g/mol. The Hall–Kier alpha value is -2.67. The maximum atomic E-state index is 11.8. The number of carbonyl (C=O) groups excluding carboxylic acids is 2. The maximum Gasteiger partial charge on any atom is 0.290 e. The van der Waals surface area contributed by atoms with Gasteiger partial charge in [0.15, 0.2) is 0 Å². The summed E-state index contributed by atoms with van der Waals surface area (Å²) < 4.78 is 12.4. The second-order valence-electron chi connectivity index (χ2n) is 8.29. The summed E-state index contributed by atoms with van der Waals surface area (Å²) >= 11 is 0.759. The minimum Gasteiger partial charge on any atom is -0.507 e. The van der Waals surface area contributed by atoms with Crippen LogP contribution in [0, 0.1) is 20.8 Å². The van der Waals surface area contributed by atoms with Gasteiger partial charge >= 0.3 is 0 Å². The first-order valence-electron chi connectivity index (χ1n) is 9.89. The van der Waals surface area contributed by atoms with E-state index < -0.39 is 5.60 Å². The van der Waals surface area contributed by atoms with E-state index in [1.54, 1.807) is 0 Å². The molecule has 2 aromatic rings. The summed E-state index contributed by atoms with van der Waals surface area (Å²) in [5, 5.41) is 10.0. The molecule has 0 radical (unpaired) electrons. The molecule has 0 bridgehead atoms. The van der Waals surface area contributed by atoms with Crippen molar-refractivity contribution in [2.75, 3.05) is 13.2 Å². The molecule has 1 unspecified atom stereocenters. The van der Waals surface area contributed by atoms with Crippen LogP contribution in [0.15, 0.2) is 24.3 Å². The molecule has 30 heavy (non-hydrogen) atoms. The van der Waals surface area contributed by atoms with Crippen LogP contribution in [-0.4, -0.2) is 39.1 Å². The predicted octanol–water partition coefficient (Wildman–Crippen LogP) is 4.29. The van der Waals surface area contributed by atoms with Gasteiger partial charge in [-0.15, -0.1) is 0 Å². The summed E-state index contributed by atoms with van der Waals surface area (Å²) in [6, 6.07) is 7.55. The molecule has 1 amide bonds. The molecule has 0 aliphatic carbocycles. The fraction of sp³-hybridized carbons (Fsp3) is 0.391. The Kier molecular flexibility index (Phi) is 5.18. The molecule has 4 rings (SSSR count). The van der Waals surface area contributed by atoms with Crippen molar-refractivity contribution in [3.63, 3.8) is 0 Å². The predicted molar refractivity (Wildman–Crippen MR) is 115 cm³/mol. The van der Waals surface area contributed by atoms with Crippen LogP contribution in [0.2, 0.25) is 0 Å². The molecule has 2 aliphatic heterocycles. The largest absolute Gasteiger partial charge is 0.507 e. The lowest BCUT2D eigenvalue weighted by Crippen LogP contribution is -2.37. The second kappa shape index (κ2) is 7.54. The normalized spacial score (nSPS) is 20.5. The van der Waals surface area contributed by atoms with E-state index in [9.17, 15) is 14.7 Å². The zero-order valence-electron chi connectivity index (χ0n) is 17.6. The van der Waals surface area contributed by atoms with Crippen molar-refractivity contribution in [3.8, 4) is 17.2 Å². The number of phenolic OH excluding ortho intramolecular Hbond substituents is 1. The van der Waals surface area contributed by atoms with Crippen LogP contribution in [0.1, 0.15) is 34.7 Å². The van der Waals surface area contributed by atoms with Crippen molar-refractivity contribution >= 4 is 22.1 Å². The third kappa shape index (κ3) is 3.74. The smallest absolute Gasteiger partial charge is 0.290 e. The van der Waals surface area contributed by atoms with Crippen molar-refractivity contribution in [3.05, 3.63) is 52.1 Å². The molecule has 1 saturated heterocycles. The lowest BCUT2D eigenvalue weighted by Gasteiger charge is -2.25. The molecule has 0 saturated carbocycles. The number of hydrogen-bond donors (Lipinski definition) is 1. The van der Waals surface area contributed by atoms with Crippen molar-refractivity contribution in [2.45, 2.75) is 46.3 Å². The number of benzene rings is 2. The van der Waals surface area contributed by atoms with E-state index in [2.05, 4.69) is 0 Å². The zero-order valence-corrected chi connectivity index (χ0v) is 18.4. The van der Waals surface area contributed by atoms with Crippen LogP contribution in [0.5, 0.6) is 17.2 Å². The average molecular weight is 428 g/mol. The van der Waals surface area contributed by atoms with Gasteiger partial charge in [-0.3, -0.25) is 9.59 Å². The van der Waals surface area contributed by atoms with Crippen molar-refractivity contribution < 1.29 is 24.2 Å². The highest BCUT2D eigenvalue weighted by Gasteiger charge is 2.39. The quantitative estimate of drug-likeness (QED) is 0.767. The summed E-state index contributed by atoms with van der Waals surface area (Å²) in [5.41, 5.74) is 4.07. The molecule has 2 aliphatic rings. The lowest BCUT2D eigenvalue weighted by atomic mass is 9.93. The molecule has 6 nitrogen and oxygen atoms in total. The van der Waals surface area contributed by atoms with Crippen molar-refractivity contribution in [1.29, 1.82) is 0 Å². The van der Waals surface area contributed by atoms with E-state index in [1.165, 1.54) is 4.90 Å². The Morgan fingerprint density at radius 1 is 1.20 bits per heavy atom. The van der Waals surface area contributed by atoms with E-state index in [0.29, 0.717) is 31.1 Å². The number of fused-ring (bicyclic) bond motifs is 1. The van der Waals surface area contributed by atoms with Gasteiger partial charge in [-0.25, -0.2) is 0 Å². The van der Waals surface area contributed by atoms with Crippen LogP contribution in [0.4, 0.5) is 4.79 Å². The minimum absolute atomic E-state index is 0.120. The van der Waals surface area contributed by atoms with Crippen LogP contribution < -0.4 is 9.47 Å². The van der Waals surface area contributed by atoms with E-state index in [1.807, 2.05) is 52.0 Å². The highest BCUT2D eigenvalue weighted by atomic mass is 32.2. The monoisotopic (exact) mass is 427 g/mol. The van der Waals surface area contributed by atoms with Crippen LogP contribution in [0.3, 0.4) is 0 Å². The fourth-order valence-electron chi connectivity index (χ4n) is 3.98. The van der Waals surface area contributed by atoms with Gasteiger partial charge < -0.3 is 19.5 Å². The topological polar surface area (TPSA) is 76.1 Å². The first kappa shape index (κ1) is 20.6. The number of carbonyl (C=O) groups is 2. The van der Waals surface area contributed by atoms with Crippen LogP contribution >= 0.6 is 11.8 Å².